The number of hydrogen-bond donors (Lipinski definition) is 1. The summed E-state index contributed by atoms with van der Waals surface area (Å²) < 4.78 is 13.1. The number of aliphatic hydroxyl groups excluding tert-OH is 1. The van der Waals surface area contributed by atoms with Crippen molar-refractivity contribution in [3.63, 3.8) is 0 Å². The molecule has 0 amide bonds. The SMILES string of the molecule is OC(c1ccccn1)c1ccccc1N1CCN(Cc2ccc(F)cc2)CC1. The van der Waals surface area contributed by atoms with Crippen LogP contribution in [0.1, 0.15) is 22.9 Å². The third-order valence-corrected chi connectivity index (χ3v) is 5.23. The van der Waals surface area contributed by atoms with Gasteiger partial charge in [-0.25, -0.2) is 4.39 Å². The Morgan fingerprint density at radius 3 is 2.32 bits per heavy atom. The van der Waals surface area contributed by atoms with Crippen molar-refractivity contribution in [1.29, 1.82) is 0 Å². The largest absolute Gasteiger partial charge is 0.382 e. The van der Waals surface area contributed by atoms with Crippen LogP contribution in [-0.2, 0) is 6.54 Å². The molecule has 0 spiro atoms. The van der Waals surface area contributed by atoms with Crippen molar-refractivity contribution >= 4 is 5.69 Å². The van der Waals surface area contributed by atoms with Crippen molar-refractivity contribution in [2.24, 2.45) is 0 Å². The molecule has 1 aliphatic rings. The Labute approximate surface area is 164 Å². The van der Waals surface area contributed by atoms with Crippen LogP contribution in [0.4, 0.5) is 10.1 Å². The summed E-state index contributed by atoms with van der Waals surface area (Å²) >= 11 is 0. The number of rotatable bonds is 5. The fourth-order valence-corrected chi connectivity index (χ4v) is 3.70. The maximum absolute atomic E-state index is 13.1. The maximum Gasteiger partial charge on any atom is 0.123 e. The molecule has 4 rings (SSSR count). The van der Waals surface area contributed by atoms with Crippen LogP contribution in [0.15, 0.2) is 72.9 Å². The summed E-state index contributed by atoms with van der Waals surface area (Å²) in [5.41, 5.74) is 3.72. The van der Waals surface area contributed by atoms with Crippen molar-refractivity contribution in [2.75, 3.05) is 31.1 Å². The second-order valence-electron chi connectivity index (χ2n) is 7.11. The Morgan fingerprint density at radius 1 is 0.893 bits per heavy atom. The van der Waals surface area contributed by atoms with Crippen molar-refractivity contribution in [2.45, 2.75) is 12.6 Å². The van der Waals surface area contributed by atoms with E-state index >= 15 is 0 Å². The van der Waals surface area contributed by atoms with Gasteiger partial charge in [0.15, 0.2) is 0 Å². The van der Waals surface area contributed by atoms with Crippen molar-refractivity contribution in [3.05, 3.63) is 95.6 Å². The molecule has 28 heavy (non-hydrogen) atoms. The van der Waals surface area contributed by atoms with Crippen LogP contribution in [-0.4, -0.2) is 41.2 Å². The lowest BCUT2D eigenvalue weighted by atomic mass is 10.0. The number of piperazine rings is 1. The van der Waals surface area contributed by atoms with Gasteiger partial charge in [0.1, 0.15) is 11.9 Å². The van der Waals surface area contributed by atoms with Crippen molar-refractivity contribution < 1.29 is 9.50 Å². The molecule has 1 atom stereocenters. The minimum Gasteiger partial charge on any atom is -0.382 e. The zero-order valence-corrected chi connectivity index (χ0v) is 15.7. The highest BCUT2D eigenvalue weighted by Crippen LogP contribution is 2.30. The van der Waals surface area contributed by atoms with Gasteiger partial charge < -0.3 is 10.0 Å². The van der Waals surface area contributed by atoms with Crippen LogP contribution in [0, 0.1) is 5.82 Å². The van der Waals surface area contributed by atoms with Gasteiger partial charge in [-0.1, -0.05) is 36.4 Å². The number of para-hydroxylation sites is 1. The highest BCUT2D eigenvalue weighted by atomic mass is 19.1. The number of halogens is 1. The molecule has 1 aromatic heterocycles. The molecule has 1 N–H and O–H groups in total. The molecule has 4 nitrogen and oxygen atoms in total. The fraction of sp³-hybridized carbons (Fsp3) is 0.261. The lowest BCUT2D eigenvalue weighted by Crippen LogP contribution is -2.46. The summed E-state index contributed by atoms with van der Waals surface area (Å²) in [5, 5.41) is 10.8. The summed E-state index contributed by atoms with van der Waals surface area (Å²) in [6, 6.07) is 20.3. The van der Waals surface area contributed by atoms with E-state index in [9.17, 15) is 9.50 Å². The van der Waals surface area contributed by atoms with Crippen molar-refractivity contribution in [1.82, 2.24) is 9.88 Å². The Balaban J connectivity index is 1.44. The smallest absolute Gasteiger partial charge is 0.123 e. The van der Waals surface area contributed by atoms with E-state index in [2.05, 4.69) is 20.9 Å². The normalized spacial score (nSPS) is 16.1. The fourth-order valence-electron chi connectivity index (χ4n) is 3.70. The number of benzene rings is 2. The summed E-state index contributed by atoms with van der Waals surface area (Å²) in [7, 11) is 0. The Morgan fingerprint density at radius 2 is 1.61 bits per heavy atom. The van der Waals surface area contributed by atoms with Gasteiger partial charge in [0, 0.05) is 50.2 Å². The van der Waals surface area contributed by atoms with E-state index < -0.39 is 6.10 Å². The Bertz CT molecular complexity index is 893. The minimum absolute atomic E-state index is 0.198. The van der Waals surface area contributed by atoms with E-state index in [1.54, 1.807) is 6.20 Å². The van der Waals surface area contributed by atoms with Gasteiger partial charge in [-0.2, -0.15) is 0 Å². The molecule has 1 aliphatic heterocycles. The van der Waals surface area contributed by atoms with E-state index in [1.165, 1.54) is 12.1 Å². The van der Waals surface area contributed by atoms with E-state index in [0.29, 0.717) is 5.69 Å². The summed E-state index contributed by atoms with van der Waals surface area (Å²) in [4.78, 5) is 9.00. The number of aromatic nitrogens is 1. The molecule has 1 saturated heterocycles. The average Bonchev–Trinajstić information content (AvgIpc) is 2.76. The maximum atomic E-state index is 13.1. The van der Waals surface area contributed by atoms with E-state index in [4.69, 9.17) is 0 Å². The third kappa shape index (κ3) is 4.21. The molecule has 3 aromatic rings. The summed E-state index contributed by atoms with van der Waals surface area (Å²) in [6.07, 6.45) is 0.963. The Kier molecular flexibility index (Phi) is 5.65. The van der Waals surface area contributed by atoms with Crippen molar-refractivity contribution in [3.8, 4) is 0 Å². The monoisotopic (exact) mass is 377 g/mol. The summed E-state index contributed by atoms with van der Waals surface area (Å²) in [6.45, 7) is 4.43. The number of pyridine rings is 1. The van der Waals surface area contributed by atoms with Crippen LogP contribution in [0.25, 0.3) is 0 Å². The number of aliphatic hydroxyl groups is 1. The van der Waals surface area contributed by atoms with Gasteiger partial charge in [0.2, 0.25) is 0 Å². The molecule has 2 aromatic carbocycles. The first-order chi connectivity index (χ1) is 13.7. The number of anilines is 1. The molecule has 144 valence electrons. The lowest BCUT2D eigenvalue weighted by Gasteiger charge is -2.37. The van der Waals surface area contributed by atoms with Crippen LogP contribution in [0.3, 0.4) is 0 Å². The Hall–Kier alpha value is -2.76. The van der Waals surface area contributed by atoms with E-state index in [-0.39, 0.29) is 5.82 Å². The zero-order chi connectivity index (χ0) is 19.3. The molecule has 1 unspecified atom stereocenters. The molecule has 0 saturated carbocycles. The van der Waals surface area contributed by atoms with Gasteiger partial charge in [0.25, 0.3) is 0 Å². The number of nitrogens with zero attached hydrogens (tertiary/aromatic N) is 3. The molecule has 5 heteroatoms. The first-order valence-electron chi connectivity index (χ1n) is 9.60. The topological polar surface area (TPSA) is 39.6 Å². The average molecular weight is 377 g/mol. The zero-order valence-electron chi connectivity index (χ0n) is 15.7. The van der Waals surface area contributed by atoms with Crippen LogP contribution < -0.4 is 4.90 Å². The molecule has 0 radical (unpaired) electrons. The first-order valence-corrected chi connectivity index (χ1v) is 9.60. The van der Waals surface area contributed by atoms with Crippen LogP contribution in [0.5, 0.6) is 0 Å². The minimum atomic E-state index is -0.741. The molecule has 2 heterocycles. The lowest BCUT2D eigenvalue weighted by molar-refractivity contribution is 0.214. The molecule has 1 fully saturated rings. The molecule has 0 aliphatic carbocycles. The van der Waals surface area contributed by atoms with Gasteiger partial charge in [-0.3, -0.25) is 9.88 Å². The van der Waals surface area contributed by atoms with Gasteiger partial charge in [-0.05, 0) is 35.9 Å². The second-order valence-corrected chi connectivity index (χ2v) is 7.11. The summed E-state index contributed by atoms with van der Waals surface area (Å²) in [5.74, 6) is -0.198. The van der Waals surface area contributed by atoms with Crippen LogP contribution in [0.2, 0.25) is 0 Å². The van der Waals surface area contributed by atoms with E-state index in [0.717, 1.165) is 49.5 Å². The predicted molar refractivity (Wildman–Crippen MR) is 109 cm³/mol. The second kappa shape index (κ2) is 8.50. The molecular weight excluding hydrogens is 353 g/mol. The third-order valence-electron chi connectivity index (χ3n) is 5.23. The number of hydrogen-bond acceptors (Lipinski definition) is 4. The van der Waals surface area contributed by atoms with Gasteiger partial charge in [-0.15, -0.1) is 0 Å². The highest BCUT2D eigenvalue weighted by Gasteiger charge is 2.22. The highest BCUT2D eigenvalue weighted by molar-refractivity contribution is 5.56. The standard InChI is InChI=1S/C23H24FN3O/c24-19-10-8-18(9-11-19)17-26-13-15-27(16-14-26)22-7-2-1-5-20(22)23(28)21-6-3-4-12-25-21/h1-12,23,28H,13-17H2. The molecule has 0 bridgehead atoms. The predicted octanol–water partition coefficient (Wildman–Crippen LogP) is 3.62. The van der Waals surface area contributed by atoms with E-state index in [1.807, 2.05) is 48.5 Å². The van der Waals surface area contributed by atoms with Gasteiger partial charge in [0.05, 0.1) is 5.69 Å². The quantitative estimate of drug-likeness (QED) is 0.737. The first kappa shape index (κ1) is 18.6. The molecular formula is C23H24FN3O. The van der Waals surface area contributed by atoms with Gasteiger partial charge >= 0.3 is 0 Å². The van der Waals surface area contributed by atoms with Crippen LogP contribution >= 0.6 is 0 Å².